The van der Waals surface area contributed by atoms with Gasteiger partial charge in [0.1, 0.15) is 28.3 Å². The number of H-pyrrole nitrogens is 1. The van der Waals surface area contributed by atoms with Crippen LogP contribution in [0.25, 0.3) is 17.2 Å². The number of anilines is 2. The number of halogens is 3. The van der Waals surface area contributed by atoms with Crippen molar-refractivity contribution in [1.82, 2.24) is 29.3 Å². The van der Waals surface area contributed by atoms with Crippen LogP contribution in [0.2, 0.25) is 0 Å². The molecule has 6 rings (SSSR count). The second kappa shape index (κ2) is 8.89. The highest BCUT2D eigenvalue weighted by Gasteiger charge is 2.49. The number of carbonyl (C=O) groups is 1. The Balaban J connectivity index is 1.42. The SMILES string of the molecule is C[C@]1(c2cc(=O)c(C(F)(F)F)c[nH]2)C(=O)Nc2nc(-c3cn4ccnc4c(CC4CCCCC4)n3)nc(N)c21. The number of aromatic nitrogens is 6. The van der Waals surface area contributed by atoms with E-state index in [1.54, 1.807) is 18.6 Å². The maximum absolute atomic E-state index is 13.2. The van der Waals surface area contributed by atoms with Gasteiger partial charge in [0.2, 0.25) is 5.91 Å². The van der Waals surface area contributed by atoms with Gasteiger partial charge in [-0.25, -0.2) is 19.9 Å². The highest BCUT2D eigenvalue weighted by Crippen LogP contribution is 2.44. The average molecular weight is 539 g/mol. The standard InChI is InChI=1S/C26H25F3N8O2/c1-25(18-10-17(38)14(11-32-18)26(27,28)29)19-20(30)34-21(35-22(19)36-24(25)39)16-12-37-8-7-31-23(37)15(33-16)9-13-5-3-2-4-6-13/h7-8,10-13H,2-6,9H2,1H3,(H,32,38)(H3,30,34,35,36,39)/t25-/m1/s1. The number of pyridine rings is 1. The molecular weight excluding hydrogens is 513 g/mol. The van der Waals surface area contributed by atoms with Gasteiger partial charge >= 0.3 is 6.18 Å². The number of amides is 1. The van der Waals surface area contributed by atoms with E-state index < -0.39 is 28.5 Å². The zero-order chi connectivity index (χ0) is 27.5. The molecule has 1 fully saturated rings. The first-order valence-electron chi connectivity index (χ1n) is 12.7. The van der Waals surface area contributed by atoms with Crippen molar-refractivity contribution in [2.24, 2.45) is 5.92 Å². The molecular formula is C26H25F3N8O2. The molecule has 0 unspecified atom stereocenters. The highest BCUT2D eigenvalue weighted by atomic mass is 19.4. The van der Waals surface area contributed by atoms with Crippen molar-refractivity contribution < 1.29 is 18.0 Å². The predicted octanol–water partition coefficient (Wildman–Crippen LogP) is 3.86. The number of nitrogens with zero attached hydrogens (tertiary/aromatic N) is 5. The molecule has 4 aromatic heterocycles. The van der Waals surface area contributed by atoms with Gasteiger partial charge in [0, 0.05) is 36.5 Å². The molecule has 5 heterocycles. The van der Waals surface area contributed by atoms with Crippen molar-refractivity contribution in [2.45, 2.75) is 57.0 Å². The molecule has 0 aromatic carbocycles. The Morgan fingerprint density at radius 1 is 1.15 bits per heavy atom. The largest absolute Gasteiger partial charge is 0.421 e. The van der Waals surface area contributed by atoms with E-state index in [-0.39, 0.29) is 28.7 Å². The van der Waals surface area contributed by atoms with Crippen molar-refractivity contribution in [1.29, 1.82) is 0 Å². The predicted molar refractivity (Wildman–Crippen MR) is 136 cm³/mol. The Labute approximate surface area is 219 Å². The van der Waals surface area contributed by atoms with Gasteiger partial charge in [-0.05, 0) is 19.3 Å². The third kappa shape index (κ3) is 4.12. The summed E-state index contributed by atoms with van der Waals surface area (Å²) in [7, 11) is 0. The zero-order valence-corrected chi connectivity index (χ0v) is 21.0. The Hall–Kier alpha value is -4.29. The van der Waals surface area contributed by atoms with Gasteiger partial charge < -0.3 is 20.4 Å². The van der Waals surface area contributed by atoms with Crippen molar-refractivity contribution >= 4 is 23.2 Å². The number of carbonyl (C=O) groups excluding carboxylic acids is 1. The lowest BCUT2D eigenvalue weighted by atomic mass is 9.80. The molecule has 0 saturated heterocycles. The normalized spacial score (nSPS) is 19.8. The summed E-state index contributed by atoms with van der Waals surface area (Å²) in [4.78, 5) is 46.1. The van der Waals surface area contributed by atoms with Crippen molar-refractivity contribution in [3.63, 3.8) is 0 Å². The van der Waals surface area contributed by atoms with Crippen LogP contribution in [0.3, 0.4) is 0 Å². The van der Waals surface area contributed by atoms with Crippen LogP contribution in [0.15, 0.2) is 35.6 Å². The minimum absolute atomic E-state index is 0.0574. The van der Waals surface area contributed by atoms with E-state index in [9.17, 15) is 22.8 Å². The molecule has 0 bridgehead atoms. The average Bonchev–Trinajstić information content (AvgIpc) is 3.47. The van der Waals surface area contributed by atoms with Gasteiger partial charge in [0.05, 0.1) is 11.3 Å². The van der Waals surface area contributed by atoms with E-state index in [4.69, 9.17) is 10.7 Å². The highest BCUT2D eigenvalue weighted by molar-refractivity contribution is 6.08. The summed E-state index contributed by atoms with van der Waals surface area (Å²) in [5.74, 6) is 0.128. The maximum atomic E-state index is 13.2. The summed E-state index contributed by atoms with van der Waals surface area (Å²) in [5.41, 5.74) is 4.21. The summed E-state index contributed by atoms with van der Waals surface area (Å²) >= 11 is 0. The van der Waals surface area contributed by atoms with Crippen LogP contribution in [0.1, 0.15) is 61.5 Å². The third-order valence-corrected chi connectivity index (χ3v) is 7.76. The first-order chi connectivity index (χ1) is 18.6. The number of hydrogen-bond donors (Lipinski definition) is 3. The van der Waals surface area contributed by atoms with E-state index in [1.165, 1.54) is 26.2 Å². The summed E-state index contributed by atoms with van der Waals surface area (Å²) in [5, 5.41) is 2.65. The molecule has 1 saturated carbocycles. The fourth-order valence-corrected chi connectivity index (χ4v) is 5.67. The minimum atomic E-state index is -4.83. The fraction of sp³-hybridized carbons (Fsp3) is 0.385. The first-order valence-corrected chi connectivity index (χ1v) is 12.7. The number of nitrogens with two attached hydrogens (primary N) is 1. The van der Waals surface area contributed by atoms with Gasteiger partial charge in [-0.15, -0.1) is 0 Å². The lowest BCUT2D eigenvalue weighted by molar-refractivity contribution is -0.138. The van der Waals surface area contributed by atoms with Crippen LogP contribution < -0.4 is 16.5 Å². The maximum Gasteiger partial charge on any atom is 0.421 e. The quantitative estimate of drug-likeness (QED) is 0.358. The molecule has 4 N–H and O–H groups in total. The van der Waals surface area contributed by atoms with Crippen LogP contribution in [-0.2, 0) is 22.8 Å². The van der Waals surface area contributed by atoms with Crippen LogP contribution in [0.5, 0.6) is 0 Å². The number of rotatable bonds is 4. The Kier molecular flexibility index (Phi) is 5.70. The molecule has 1 amide bonds. The summed E-state index contributed by atoms with van der Waals surface area (Å²) < 4.78 is 41.2. The van der Waals surface area contributed by atoms with Gasteiger partial charge in [-0.1, -0.05) is 32.1 Å². The molecule has 202 valence electrons. The molecule has 0 radical (unpaired) electrons. The van der Waals surface area contributed by atoms with Gasteiger partial charge in [0.15, 0.2) is 16.9 Å². The number of imidazole rings is 1. The summed E-state index contributed by atoms with van der Waals surface area (Å²) in [6, 6.07) is 0.761. The molecule has 10 nitrogen and oxygen atoms in total. The number of nitrogens with one attached hydrogen (secondary N) is 2. The Morgan fingerprint density at radius 2 is 1.92 bits per heavy atom. The fourth-order valence-electron chi connectivity index (χ4n) is 5.67. The molecule has 13 heteroatoms. The molecule has 1 atom stereocenters. The first kappa shape index (κ1) is 25.0. The molecule has 1 aliphatic carbocycles. The monoisotopic (exact) mass is 538 g/mol. The second-order valence-electron chi connectivity index (χ2n) is 10.3. The number of nitrogen functional groups attached to an aromatic ring is 1. The third-order valence-electron chi connectivity index (χ3n) is 7.76. The molecule has 1 aliphatic heterocycles. The number of alkyl halides is 3. The lowest BCUT2D eigenvalue weighted by Gasteiger charge is -2.23. The Bertz CT molecular complexity index is 1670. The van der Waals surface area contributed by atoms with E-state index in [1.807, 2.05) is 4.40 Å². The van der Waals surface area contributed by atoms with Crippen LogP contribution in [0, 0.1) is 5.92 Å². The van der Waals surface area contributed by atoms with E-state index in [2.05, 4.69) is 25.3 Å². The number of fused-ring (bicyclic) bond motifs is 2. The number of aromatic amines is 1. The zero-order valence-electron chi connectivity index (χ0n) is 21.0. The Morgan fingerprint density at radius 3 is 2.64 bits per heavy atom. The van der Waals surface area contributed by atoms with Crippen LogP contribution in [0.4, 0.5) is 24.8 Å². The van der Waals surface area contributed by atoms with E-state index in [0.29, 0.717) is 17.8 Å². The lowest BCUT2D eigenvalue weighted by Crippen LogP contribution is -2.35. The van der Waals surface area contributed by atoms with E-state index in [0.717, 1.165) is 36.7 Å². The van der Waals surface area contributed by atoms with Gasteiger partial charge in [0.25, 0.3) is 0 Å². The van der Waals surface area contributed by atoms with E-state index >= 15 is 0 Å². The van der Waals surface area contributed by atoms with Gasteiger partial charge in [-0.3, -0.25) is 9.59 Å². The number of hydrogen-bond acceptors (Lipinski definition) is 7. The minimum Gasteiger partial charge on any atom is -0.383 e. The molecule has 0 spiro atoms. The second-order valence-corrected chi connectivity index (χ2v) is 10.3. The smallest absolute Gasteiger partial charge is 0.383 e. The summed E-state index contributed by atoms with van der Waals surface area (Å²) in [6.07, 6.45) is 7.63. The van der Waals surface area contributed by atoms with Crippen LogP contribution in [-0.4, -0.2) is 35.2 Å². The van der Waals surface area contributed by atoms with Crippen molar-refractivity contribution in [3.05, 3.63) is 63.6 Å². The van der Waals surface area contributed by atoms with Crippen molar-refractivity contribution in [2.75, 3.05) is 11.1 Å². The van der Waals surface area contributed by atoms with Gasteiger partial charge in [-0.2, -0.15) is 13.2 Å². The molecule has 2 aliphatic rings. The van der Waals surface area contributed by atoms with Crippen LogP contribution >= 0.6 is 0 Å². The topological polar surface area (TPSA) is 144 Å². The summed E-state index contributed by atoms with van der Waals surface area (Å²) in [6.45, 7) is 1.45. The van der Waals surface area contributed by atoms with Crippen molar-refractivity contribution in [3.8, 4) is 11.5 Å². The molecule has 4 aromatic rings. The molecule has 39 heavy (non-hydrogen) atoms.